The van der Waals surface area contributed by atoms with E-state index in [0.29, 0.717) is 0 Å². The largest absolute Gasteiger partial charge is 0.433 e. The summed E-state index contributed by atoms with van der Waals surface area (Å²) < 4.78 is 65.8. The average molecular weight is 595 g/mol. The van der Waals surface area contributed by atoms with Crippen LogP contribution in [0, 0.1) is 6.92 Å². The summed E-state index contributed by atoms with van der Waals surface area (Å²) in [6.45, 7) is 3.73. The van der Waals surface area contributed by atoms with Crippen LogP contribution in [0.3, 0.4) is 0 Å². The van der Waals surface area contributed by atoms with Crippen LogP contribution in [-0.2, 0) is 16.0 Å². The summed E-state index contributed by atoms with van der Waals surface area (Å²) >= 11 is 0.745. The lowest BCUT2D eigenvalue weighted by molar-refractivity contribution is -0.140. The van der Waals surface area contributed by atoms with Crippen LogP contribution in [0.5, 0.6) is 0 Å². The average Bonchev–Trinajstić information content (AvgIpc) is 3.24. The van der Waals surface area contributed by atoms with Gasteiger partial charge in [-0.25, -0.2) is 18.2 Å². The number of carbonyl (C=O) groups excluding carboxylic acids is 3. The van der Waals surface area contributed by atoms with Crippen LogP contribution in [0.15, 0.2) is 35.2 Å². The fraction of sp³-hybridized carbons (Fsp3) is 0.385. The van der Waals surface area contributed by atoms with Gasteiger partial charge in [-0.15, -0.1) is 0 Å². The molecule has 212 valence electrons. The van der Waals surface area contributed by atoms with Crippen molar-refractivity contribution in [2.45, 2.75) is 48.9 Å². The van der Waals surface area contributed by atoms with Crippen molar-refractivity contribution in [2.24, 2.45) is 0 Å². The van der Waals surface area contributed by atoms with Gasteiger partial charge in [0.15, 0.2) is 15.6 Å². The Morgan fingerprint density at radius 2 is 1.85 bits per heavy atom. The van der Waals surface area contributed by atoms with Crippen molar-refractivity contribution in [3.63, 3.8) is 0 Å². The van der Waals surface area contributed by atoms with Crippen molar-refractivity contribution in [1.82, 2.24) is 15.2 Å². The molecule has 40 heavy (non-hydrogen) atoms. The smallest absolute Gasteiger partial charge is 0.338 e. The second-order valence-electron chi connectivity index (χ2n) is 9.92. The number of halogens is 3. The molecule has 4 heterocycles. The predicted octanol–water partition coefficient (Wildman–Crippen LogP) is 4.80. The van der Waals surface area contributed by atoms with Crippen molar-refractivity contribution < 1.29 is 36.0 Å². The number of pyridine rings is 1. The molecule has 0 unspecified atom stereocenters. The van der Waals surface area contributed by atoms with Crippen LogP contribution in [-0.4, -0.2) is 60.4 Å². The van der Waals surface area contributed by atoms with Crippen molar-refractivity contribution in [3.05, 3.63) is 52.7 Å². The summed E-state index contributed by atoms with van der Waals surface area (Å²) in [4.78, 5) is 44.0. The van der Waals surface area contributed by atoms with E-state index in [0.717, 1.165) is 29.0 Å². The number of fused-ring (bicyclic) bond motifs is 2. The maximum Gasteiger partial charge on any atom is 0.433 e. The highest BCUT2D eigenvalue weighted by Crippen LogP contribution is 2.45. The van der Waals surface area contributed by atoms with Crippen molar-refractivity contribution in [1.29, 1.82) is 0 Å². The molecule has 1 aromatic carbocycles. The van der Waals surface area contributed by atoms with E-state index in [9.17, 15) is 36.0 Å². The van der Waals surface area contributed by atoms with Gasteiger partial charge in [-0.3, -0.25) is 14.9 Å². The molecule has 14 heteroatoms. The number of anilines is 1. The van der Waals surface area contributed by atoms with Crippen LogP contribution in [0.2, 0.25) is 0 Å². The quantitative estimate of drug-likeness (QED) is 0.449. The van der Waals surface area contributed by atoms with E-state index in [2.05, 4.69) is 15.6 Å². The third kappa shape index (κ3) is 4.62. The number of aromatic nitrogens is 1. The Labute approximate surface area is 231 Å². The second-order valence-corrected chi connectivity index (χ2v) is 13.2. The minimum Gasteiger partial charge on any atom is -0.338 e. The Morgan fingerprint density at radius 3 is 2.50 bits per heavy atom. The molecular formula is C26H25F3N4O5S2. The van der Waals surface area contributed by atoms with Gasteiger partial charge < -0.3 is 10.2 Å². The number of benzene rings is 1. The summed E-state index contributed by atoms with van der Waals surface area (Å²) in [5.74, 6) is -0.845. The molecule has 0 bridgehead atoms. The summed E-state index contributed by atoms with van der Waals surface area (Å²) in [7, 11) is -3.88. The van der Waals surface area contributed by atoms with Gasteiger partial charge in [-0.1, -0.05) is 23.0 Å². The Balaban J connectivity index is 1.47. The first kappa shape index (κ1) is 28.0. The summed E-state index contributed by atoms with van der Waals surface area (Å²) in [6.07, 6.45) is -4.87. The number of thiophene rings is 1. The van der Waals surface area contributed by atoms with Crippen LogP contribution in [0.4, 0.5) is 23.0 Å². The zero-order valence-electron chi connectivity index (χ0n) is 21.5. The van der Waals surface area contributed by atoms with Crippen LogP contribution in [0.1, 0.15) is 58.2 Å². The molecule has 3 aromatic rings. The summed E-state index contributed by atoms with van der Waals surface area (Å²) in [5.41, 5.74) is -0.199. The minimum absolute atomic E-state index is 0.00145. The molecule has 2 aromatic heterocycles. The van der Waals surface area contributed by atoms with E-state index in [1.807, 2.05) is 0 Å². The van der Waals surface area contributed by atoms with E-state index < -0.39 is 38.4 Å². The zero-order chi connectivity index (χ0) is 29.0. The van der Waals surface area contributed by atoms with Gasteiger partial charge in [-0.05, 0) is 51.0 Å². The molecule has 5 rings (SSSR count). The number of urea groups is 1. The van der Waals surface area contributed by atoms with Crippen molar-refractivity contribution in [3.8, 4) is 0 Å². The van der Waals surface area contributed by atoms with Crippen LogP contribution < -0.4 is 10.6 Å². The maximum absolute atomic E-state index is 13.7. The number of likely N-dealkylation sites (tertiary alicyclic amines) is 1. The van der Waals surface area contributed by atoms with Gasteiger partial charge in [0.2, 0.25) is 0 Å². The van der Waals surface area contributed by atoms with E-state index in [1.54, 1.807) is 26.0 Å². The second kappa shape index (κ2) is 9.84. The monoisotopic (exact) mass is 594 g/mol. The highest BCUT2D eigenvalue weighted by molar-refractivity contribution is 7.93. The molecule has 1 spiro atoms. The number of Topliss-reactive ketones (excluding diaryl/α,β-unsaturated/α-hetero) is 1. The first-order valence-corrected chi connectivity index (χ1v) is 14.8. The molecule has 2 N–H and O–H groups in total. The normalized spacial score (nSPS) is 18.0. The molecule has 0 atom stereocenters. The van der Waals surface area contributed by atoms with Gasteiger partial charge in [-0.2, -0.15) is 13.2 Å². The molecule has 0 saturated carbocycles. The van der Waals surface area contributed by atoms with E-state index in [-0.39, 0.29) is 75.9 Å². The van der Waals surface area contributed by atoms with Crippen LogP contribution >= 0.6 is 11.3 Å². The van der Waals surface area contributed by atoms with E-state index >= 15 is 0 Å². The fourth-order valence-electron chi connectivity index (χ4n) is 5.28. The van der Waals surface area contributed by atoms with Gasteiger partial charge in [0.05, 0.1) is 15.2 Å². The number of rotatable bonds is 3. The minimum atomic E-state index is -4.70. The molecule has 2 aliphatic rings. The van der Waals surface area contributed by atoms with Gasteiger partial charge in [0.25, 0.3) is 5.91 Å². The number of carbonyl (C=O) groups is 3. The zero-order valence-corrected chi connectivity index (χ0v) is 23.1. The number of piperidine rings is 1. The number of aryl methyl sites for hydroxylation is 1. The summed E-state index contributed by atoms with van der Waals surface area (Å²) in [5, 5.41) is 5.21. The third-order valence-electron chi connectivity index (χ3n) is 7.36. The SMILES string of the molecule is CCNC(=O)Nc1sc2nc(C(F)(F)F)ccc2c1C(=O)N1CCC2(CC1)CC(=O)c1cc(C)ccc1S2(=O)=O. The molecule has 0 radical (unpaired) electrons. The molecule has 1 fully saturated rings. The molecule has 2 aliphatic heterocycles. The number of nitrogens with zero attached hydrogens (tertiary/aromatic N) is 2. The highest BCUT2D eigenvalue weighted by Gasteiger charge is 2.53. The fourth-order valence-corrected chi connectivity index (χ4v) is 8.56. The Morgan fingerprint density at radius 1 is 1.15 bits per heavy atom. The number of amides is 3. The first-order valence-electron chi connectivity index (χ1n) is 12.5. The number of alkyl halides is 3. The predicted molar refractivity (Wildman–Crippen MR) is 142 cm³/mol. The molecule has 9 nitrogen and oxygen atoms in total. The third-order valence-corrected chi connectivity index (χ3v) is 11.0. The van der Waals surface area contributed by atoms with E-state index in [4.69, 9.17) is 0 Å². The lowest BCUT2D eigenvalue weighted by atomic mass is 9.87. The lowest BCUT2D eigenvalue weighted by Gasteiger charge is -2.43. The number of hydrogen-bond acceptors (Lipinski definition) is 7. The van der Waals surface area contributed by atoms with Gasteiger partial charge in [0.1, 0.15) is 15.5 Å². The van der Waals surface area contributed by atoms with Gasteiger partial charge in [0, 0.05) is 37.0 Å². The van der Waals surface area contributed by atoms with Crippen molar-refractivity contribution >= 4 is 54.1 Å². The van der Waals surface area contributed by atoms with Crippen molar-refractivity contribution in [2.75, 3.05) is 25.0 Å². The molecule has 3 amide bonds. The summed E-state index contributed by atoms with van der Waals surface area (Å²) in [6, 6.07) is 5.94. The Hall–Kier alpha value is -3.52. The number of sulfone groups is 1. The number of nitrogens with one attached hydrogen (secondary N) is 2. The number of ketones is 1. The standard InChI is InChI=1S/C26H25F3N4O5S2/c1-3-30-24(36)32-22-20(15-5-7-19(26(27,28)29)31-21(15)39-22)23(35)33-10-8-25(9-11-33)13-17(34)16-12-14(2)4-6-18(16)40(25,37)38/h4-7,12H,3,8-11,13H2,1-2H3,(H2,30,32,36). The Bertz CT molecular complexity index is 1660. The first-order chi connectivity index (χ1) is 18.8. The highest BCUT2D eigenvalue weighted by atomic mass is 32.2. The van der Waals surface area contributed by atoms with Gasteiger partial charge >= 0.3 is 12.2 Å². The topological polar surface area (TPSA) is 126 Å². The molecule has 1 saturated heterocycles. The molecule has 0 aliphatic carbocycles. The van der Waals surface area contributed by atoms with E-state index in [1.165, 1.54) is 11.0 Å². The lowest BCUT2D eigenvalue weighted by Crippen LogP contribution is -2.53. The Kier molecular flexibility index (Phi) is 6.89. The molecular weight excluding hydrogens is 569 g/mol. The maximum atomic E-state index is 13.7. The number of hydrogen-bond donors (Lipinski definition) is 2. The van der Waals surface area contributed by atoms with Crippen LogP contribution in [0.25, 0.3) is 10.2 Å².